The molecule has 0 saturated heterocycles. The van der Waals surface area contributed by atoms with Crippen LogP contribution in [0.2, 0.25) is 0 Å². The number of rotatable bonds is 3. The van der Waals surface area contributed by atoms with Crippen LogP contribution in [0.3, 0.4) is 0 Å². The Kier molecular flexibility index (Phi) is 4.19. The first-order chi connectivity index (χ1) is 8.97. The summed E-state index contributed by atoms with van der Waals surface area (Å²) in [6.07, 6.45) is 1.34. The van der Waals surface area contributed by atoms with Gasteiger partial charge < -0.3 is 10.4 Å². The van der Waals surface area contributed by atoms with Gasteiger partial charge in [-0.05, 0) is 37.5 Å². The number of carboxylic acids is 1. The smallest absolute Gasteiger partial charge is 0.306 e. The molecule has 1 amide bonds. The summed E-state index contributed by atoms with van der Waals surface area (Å²) in [5.74, 6) is -2.53. The van der Waals surface area contributed by atoms with Gasteiger partial charge >= 0.3 is 5.97 Å². The molecule has 0 aromatic heterocycles. The zero-order valence-electron chi connectivity index (χ0n) is 10.0. The molecule has 1 fully saturated rings. The fraction of sp³-hybridized carbons (Fsp3) is 0.385. The van der Waals surface area contributed by atoms with Crippen LogP contribution in [0.25, 0.3) is 0 Å². The first-order valence-electron chi connectivity index (χ1n) is 5.96. The monoisotopic (exact) mass is 329 g/mol. The van der Waals surface area contributed by atoms with Crippen molar-refractivity contribution in [3.05, 3.63) is 28.5 Å². The van der Waals surface area contributed by atoms with Crippen LogP contribution in [0, 0.1) is 17.7 Å². The van der Waals surface area contributed by atoms with E-state index in [0.717, 1.165) is 0 Å². The number of nitrogens with one attached hydrogen (secondary N) is 1. The lowest BCUT2D eigenvalue weighted by atomic mass is 10.0. The second kappa shape index (κ2) is 5.69. The van der Waals surface area contributed by atoms with Crippen LogP contribution in [-0.2, 0) is 9.59 Å². The standard InChI is InChI=1S/C13H13BrFNO3/c14-9-3-4-10(15)11(6-9)16-12(17)7-1-2-8(5-7)13(18)19/h3-4,6-8H,1-2,5H2,(H,16,17)(H,18,19). The Morgan fingerprint density at radius 3 is 2.63 bits per heavy atom. The largest absolute Gasteiger partial charge is 0.481 e. The van der Waals surface area contributed by atoms with Crippen LogP contribution in [0.5, 0.6) is 0 Å². The molecule has 0 aliphatic heterocycles. The van der Waals surface area contributed by atoms with Crippen molar-refractivity contribution in [2.45, 2.75) is 19.3 Å². The van der Waals surface area contributed by atoms with E-state index in [1.807, 2.05) is 0 Å². The molecule has 0 heterocycles. The predicted molar refractivity (Wildman–Crippen MR) is 71.2 cm³/mol. The summed E-state index contributed by atoms with van der Waals surface area (Å²) >= 11 is 3.20. The van der Waals surface area contributed by atoms with Gasteiger partial charge in [0.25, 0.3) is 0 Å². The van der Waals surface area contributed by atoms with Gasteiger partial charge in [-0.3, -0.25) is 9.59 Å². The number of carboxylic acid groups (broad SMARTS) is 1. The highest BCUT2D eigenvalue weighted by Crippen LogP contribution is 2.32. The fourth-order valence-electron chi connectivity index (χ4n) is 2.27. The molecule has 102 valence electrons. The molecular formula is C13H13BrFNO3. The number of anilines is 1. The number of benzene rings is 1. The van der Waals surface area contributed by atoms with Crippen molar-refractivity contribution in [1.82, 2.24) is 0 Å². The topological polar surface area (TPSA) is 66.4 Å². The predicted octanol–water partition coefficient (Wildman–Crippen LogP) is 3.03. The number of aliphatic carboxylic acids is 1. The second-order valence-corrected chi connectivity index (χ2v) is 5.57. The van der Waals surface area contributed by atoms with Crippen molar-refractivity contribution in [2.75, 3.05) is 5.32 Å². The Hall–Kier alpha value is -1.43. The highest BCUT2D eigenvalue weighted by molar-refractivity contribution is 9.10. The number of hydrogen-bond donors (Lipinski definition) is 2. The number of carbonyl (C=O) groups is 2. The summed E-state index contributed by atoms with van der Waals surface area (Å²) in [5.41, 5.74) is 0.109. The maximum absolute atomic E-state index is 13.5. The summed E-state index contributed by atoms with van der Waals surface area (Å²) in [4.78, 5) is 22.8. The van der Waals surface area contributed by atoms with Crippen LogP contribution in [-0.4, -0.2) is 17.0 Å². The zero-order valence-corrected chi connectivity index (χ0v) is 11.6. The minimum absolute atomic E-state index is 0.109. The average Bonchev–Trinajstić information content (AvgIpc) is 2.83. The Morgan fingerprint density at radius 2 is 2.00 bits per heavy atom. The molecular weight excluding hydrogens is 317 g/mol. The molecule has 1 saturated carbocycles. The Balaban J connectivity index is 2.02. The van der Waals surface area contributed by atoms with Crippen LogP contribution < -0.4 is 5.32 Å². The maximum atomic E-state index is 13.5. The highest BCUT2D eigenvalue weighted by Gasteiger charge is 2.34. The number of halogens is 2. The summed E-state index contributed by atoms with van der Waals surface area (Å²) in [6, 6.07) is 4.28. The lowest BCUT2D eigenvalue weighted by Gasteiger charge is -2.11. The molecule has 1 aromatic rings. The van der Waals surface area contributed by atoms with Crippen molar-refractivity contribution in [3.8, 4) is 0 Å². The van der Waals surface area contributed by atoms with Gasteiger partial charge in [-0.1, -0.05) is 15.9 Å². The molecule has 2 atom stereocenters. The average molecular weight is 330 g/mol. The quantitative estimate of drug-likeness (QED) is 0.895. The summed E-state index contributed by atoms with van der Waals surface area (Å²) in [5, 5.41) is 11.4. The molecule has 1 aromatic carbocycles. The van der Waals surface area contributed by atoms with Gasteiger partial charge in [0.05, 0.1) is 11.6 Å². The SMILES string of the molecule is O=C(O)C1CCC(C(=O)Nc2cc(Br)ccc2F)C1. The summed E-state index contributed by atoms with van der Waals surface area (Å²) in [7, 11) is 0. The lowest BCUT2D eigenvalue weighted by molar-refractivity contribution is -0.141. The summed E-state index contributed by atoms with van der Waals surface area (Å²) < 4.78 is 14.2. The number of hydrogen-bond acceptors (Lipinski definition) is 2. The maximum Gasteiger partial charge on any atom is 0.306 e. The van der Waals surface area contributed by atoms with Gasteiger partial charge in [-0.25, -0.2) is 4.39 Å². The van der Waals surface area contributed by atoms with Gasteiger partial charge in [0.1, 0.15) is 5.82 Å². The first kappa shape index (κ1) is 14.0. The van der Waals surface area contributed by atoms with Crippen molar-refractivity contribution >= 4 is 33.5 Å². The lowest BCUT2D eigenvalue weighted by Crippen LogP contribution is -2.22. The van der Waals surface area contributed by atoms with Crippen LogP contribution in [0.1, 0.15) is 19.3 Å². The third kappa shape index (κ3) is 3.32. The van der Waals surface area contributed by atoms with Gasteiger partial charge in [-0.15, -0.1) is 0 Å². The molecule has 2 rings (SSSR count). The minimum atomic E-state index is -0.871. The van der Waals surface area contributed by atoms with E-state index in [-0.39, 0.29) is 17.5 Å². The fourth-order valence-corrected chi connectivity index (χ4v) is 2.63. The van der Waals surface area contributed by atoms with E-state index in [0.29, 0.717) is 23.7 Å². The van der Waals surface area contributed by atoms with E-state index in [1.165, 1.54) is 12.1 Å². The highest BCUT2D eigenvalue weighted by atomic mass is 79.9. The van der Waals surface area contributed by atoms with Crippen molar-refractivity contribution in [3.63, 3.8) is 0 Å². The molecule has 2 unspecified atom stereocenters. The van der Waals surface area contributed by atoms with Crippen LogP contribution >= 0.6 is 15.9 Å². The van der Waals surface area contributed by atoms with E-state index in [2.05, 4.69) is 21.2 Å². The molecule has 2 N–H and O–H groups in total. The van der Waals surface area contributed by atoms with Gasteiger partial charge in [-0.2, -0.15) is 0 Å². The molecule has 4 nitrogen and oxygen atoms in total. The van der Waals surface area contributed by atoms with Gasteiger partial charge in [0.15, 0.2) is 0 Å². The Bertz CT molecular complexity index is 521. The number of carbonyl (C=O) groups excluding carboxylic acids is 1. The second-order valence-electron chi connectivity index (χ2n) is 4.66. The van der Waals surface area contributed by atoms with Gasteiger partial charge in [0, 0.05) is 10.4 Å². The van der Waals surface area contributed by atoms with Crippen molar-refractivity contribution in [2.24, 2.45) is 11.8 Å². The minimum Gasteiger partial charge on any atom is -0.481 e. The van der Waals surface area contributed by atoms with E-state index >= 15 is 0 Å². The van der Waals surface area contributed by atoms with Crippen LogP contribution in [0.4, 0.5) is 10.1 Å². The molecule has 0 radical (unpaired) electrons. The molecule has 0 spiro atoms. The molecule has 1 aliphatic carbocycles. The molecule has 1 aliphatic rings. The zero-order chi connectivity index (χ0) is 14.0. The summed E-state index contributed by atoms with van der Waals surface area (Å²) in [6.45, 7) is 0. The van der Waals surface area contributed by atoms with E-state index < -0.39 is 17.7 Å². The van der Waals surface area contributed by atoms with Gasteiger partial charge in [0.2, 0.25) is 5.91 Å². The number of amides is 1. The first-order valence-corrected chi connectivity index (χ1v) is 6.75. The third-order valence-electron chi connectivity index (χ3n) is 3.34. The normalized spacial score (nSPS) is 22.2. The van der Waals surface area contributed by atoms with Crippen LogP contribution in [0.15, 0.2) is 22.7 Å². The Labute approximate surface area is 118 Å². The Morgan fingerprint density at radius 1 is 1.32 bits per heavy atom. The van der Waals surface area contributed by atoms with Crippen molar-refractivity contribution in [1.29, 1.82) is 0 Å². The molecule has 0 bridgehead atoms. The van der Waals surface area contributed by atoms with Crippen molar-refractivity contribution < 1.29 is 19.1 Å². The van der Waals surface area contributed by atoms with E-state index in [9.17, 15) is 14.0 Å². The molecule has 6 heteroatoms. The van der Waals surface area contributed by atoms with E-state index in [4.69, 9.17) is 5.11 Å². The van der Waals surface area contributed by atoms with E-state index in [1.54, 1.807) is 6.07 Å². The third-order valence-corrected chi connectivity index (χ3v) is 3.83. The molecule has 19 heavy (non-hydrogen) atoms.